The van der Waals surface area contributed by atoms with E-state index in [-0.39, 0.29) is 24.5 Å². The number of hydrogen-bond acceptors (Lipinski definition) is 4. The third-order valence-electron chi connectivity index (χ3n) is 4.95. The second kappa shape index (κ2) is 5.57. The van der Waals surface area contributed by atoms with Gasteiger partial charge in [0.15, 0.2) is 0 Å². The first-order valence-electron chi connectivity index (χ1n) is 7.97. The number of amides is 2. The van der Waals surface area contributed by atoms with Crippen molar-refractivity contribution < 1.29 is 14.3 Å². The van der Waals surface area contributed by atoms with E-state index in [1.807, 2.05) is 6.92 Å². The van der Waals surface area contributed by atoms with Crippen LogP contribution in [0.1, 0.15) is 26.7 Å². The number of nitrogens with zero attached hydrogens (tertiary/aromatic N) is 2. The molecule has 3 aliphatic rings. The number of likely N-dealkylation sites (N-methyl/N-ethyl adjacent to an activating group) is 1. The van der Waals surface area contributed by atoms with Crippen LogP contribution in [0, 0.1) is 5.92 Å². The average Bonchev–Trinajstić information content (AvgIpc) is 3.29. The Balaban J connectivity index is 1.66. The first-order valence-corrected chi connectivity index (χ1v) is 7.97. The Morgan fingerprint density at radius 2 is 2.14 bits per heavy atom. The summed E-state index contributed by atoms with van der Waals surface area (Å²) in [5, 5.41) is 2.91. The van der Waals surface area contributed by atoms with E-state index in [2.05, 4.69) is 17.1 Å². The fourth-order valence-electron chi connectivity index (χ4n) is 3.46. The molecule has 2 aliphatic heterocycles. The molecular weight excluding hydrogens is 270 g/mol. The van der Waals surface area contributed by atoms with Gasteiger partial charge in [-0.15, -0.1) is 0 Å². The van der Waals surface area contributed by atoms with E-state index in [1.54, 1.807) is 4.90 Å². The van der Waals surface area contributed by atoms with Gasteiger partial charge in [-0.3, -0.25) is 14.5 Å². The van der Waals surface area contributed by atoms with E-state index >= 15 is 0 Å². The average molecular weight is 295 g/mol. The summed E-state index contributed by atoms with van der Waals surface area (Å²) < 4.78 is 5.77. The van der Waals surface area contributed by atoms with Crippen molar-refractivity contribution >= 4 is 11.8 Å². The van der Waals surface area contributed by atoms with Crippen LogP contribution in [0.25, 0.3) is 0 Å². The molecule has 2 atom stereocenters. The summed E-state index contributed by atoms with van der Waals surface area (Å²) in [4.78, 5) is 28.7. The first kappa shape index (κ1) is 14.8. The summed E-state index contributed by atoms with van der Waals surface area (Å²) >= 11 is 0. The van der Waals surface area contributed by atoms with Crippen molar-refractivity contribution in [1.29, 1.82) is 0 Å². The third-order valence-corrected chi connectivity index (χ3v) is 4.95. The van der Waals surface area contributed by atoms with E-state index < -0.39 is 5.54 Å². The molecule has 3 fully saturated rings. The summed E-state index contributed by atoms with van der Waals surface area (Å²) in [6.07, 6.45) is 2.07. The van der Waals surface area contributed by atoms with Crippen LogP contribution in [-0.2, 0) is 14.3 Å². The molecule has 118 valence electrons. The van der Waals surface area contributed by atoms with Crippen LogP contribution in [-0.4, -0.2) is 72.6 Å². The summed E-state index contributed by atoms with van der Waals surface area (Å²) in [7, 11) is 0. The van der Waals surface area contributed by atoms with Crippen molar-refractivity contribution in [2.24, 2.45) is 5.92 Å². The Kier molecular flexibility index (Phi) is 3.92. The van der Waals surface area contributed by atoms with Crippen LogP contribution in [0.2, 0.25) is 0 Å². The van der Waals surface area contributed by atoms with Gasteiger partial charge < -0.3 is 15.0 Å². The molecule has 0 bridgehead atoms. The lowest BCUT2D eigenvalue weighted by Crippen LogP contribution is -2.67. The zero-order valence-corrected chi connectivity index (χ0v) is 12.9. The van der Waals surface area contributed by atoms with Crippen LogP contribution < -0.4 is 5.32 Å². The highest BCUT2D eigenvalue weighted by atomic mass is 16.5. The molecule has 2 heterocycles. The van der Waals surface area contributed by atoms with Crippen molar-refractivity contribution in [1.82, 2.24) is 15.1 Å². The molecule has 6 heteroatoms. The topological polar surface area (TPSA) is 61.9 Å². The maximum absolute atomic E-state index is 12.7. The van der Waals surface area contributed by atoms with Gasteiger partial charge in [0.2, 0.25) is 11.8 Å². The molecule has 2 amide bonds. The third kappa shape index (κ3) is 2.92. The van der Waals surface area contributed by atoms with Crippen LogP contribution in [0.3, 0.4) is 0 Å². The van der Waals surface area contributed by atoms with Crippen LogP contribution >= 0.6 is 0 Å². The number of piperazine rings is 1. The first-order chi connectivity index (χ1) is 10.0. The molecule has 2 saturated heterocycles. The summed E-state index contributed by atoms with van der Waals surface area (Å²) in [5.41, 5.74) is -0.700. The highest BCUT2D eigenvalue weighted by molar-refractivity contribution is 5.98. The molecule has 0 spiro atoms. The summed E-state index contributed by atoms with van der Waals surface area (Å²) in [5.74, 6) is 0.310. The van der Waals surface area contributed by atoms with E-state index in [0.29, 0.717) is 19.1 Å². The van der Waals surface area contributed by atoms with Gasteiger partial charge in [-0.2, -0.15) is 0 Å². The highest BCUT2D eigenvalue weighted by Gasteiger charge is 2.52. The van der Waals surface area contributed by atoms with E-state index in [4.69, 9.17) is 4.74 Å². The van der Waals surface area contributed by atoms with Crippen molar-refractivity contribution in [2.75, 3.05) is 39.3 Å². The summed E-state index contributed by atoms with van der Waals surface area (Å²) in [6, 6.07) is 0. The molecule has 0 aromatic heterocycles. The maximum atomic E-state index is 12.7. The highest BCUT2D eigenvalue weighted by Crippen LogP contribution is 2.41. The predicted octanol–water partition coefficient (Wildman–Crippen LogP) is -0.166. The molecule has 3 rings (SSSR count). The molecule has 0 aromatic carbocycles. The number of carbonyl (C=O) groups is 2. The molecule has 0 radical (unpaired) electrons. The van der Waals surface area contributed by atoms with Crippen LogP contribution in [0.15, 0.2) is 0 Å². The SMILES string of the molecule is CCN1CCOC(CN2CC(=O)NC(C)(C3CC3)C2=O)C1. The predicted molar refractivity (Wildman–Crippen MR) is 77.7 cm³/mol. The zero-order valence-electron chi connectivity index (χ0n) is 12.9. The molecular formula is C15H25N3O3. The standard InChI is InChI=1S/C15H25N3O3/c1-3-17-6-7-21-12(8-17)9-18-10-13(19)16-15(2,14(18)20)11-4-5-11/h11-12H,3-10H2,1-2H3,(H,16,19). The fraction of sp³-hybridized carbons (Fsp3) is 0.867. The maximum Gasteiger partial charge on any atom is 0.248 e. The van der Waals surface area contributed by atoms with E-state index in [9.17, 15) is 9.59 Å². The number of rotatable bonds is 4. The van der Waals surface area contributed by atoms with Crippen molar-refractivity contribution in [3.8, 4) is 0 Å². The van der Waals surface area contributed by atoms with Crippen molar-refractivity contribution in [3.63, 3.8) is 0 Å². The number of morpholine rings is 1. The number of ether oxygens (including phenoxy) is 1. The van der Waals surface area contributed by atoms with Crippen LogP contribution in [0.5, 0.6) is 0 Å². The summed E-state index contributed by atoms with van der Waals surface area (Å²) in [6.45, 7) is 8.16. The number of nitrogens with one attached hydrogen (secondary N) is 1. The minimum atomic E-state index is -0.700. The Morgan fingerprint density at radius 1 is 1.38 bits per heavy atom. The Labute approximate surface area is 125 Å². The molecule has 1 saturated carbocycles. The molecule has 21 heavy (non-hydrogen) atoms. The van der Waals surface area contributed by atoms with Crippen LogP contribution in [0.4, 0.5) is 0 Å². The monoisotopic (exact) mass is 295 g/mol. The largest absolute Gasteiger partial charge is 0.374 e. The molecule has 2 unspecified atom stereocenters. The van der Waals surface area contributed by atoms with Gasteiger partial charge in [0, 0.05) is 19.6 Å². The van der Waals surface area contributed by atoms with Gasteiger partial charge in [-0.05, 0) is 32.2 Å². The van der Waals surface area contributed by atoms with Gasteiger partial charge in [0.1, 0.15) is 5.54 Å². The smallest absolute Gasteiger partial charge is 0.248 e. The normalized spacial score (nSPS) is 35.0. The second-order valence-corrected chi connectivity index (χ2v) is 6.60. The minimum absolute atomic E-state index is 0.0111. The molecule has 1 aliphatic carbocycles. The van der Waals surface area contributed by atoms with E-state index in [1.165, 1.54) is 0 Å². The number of carbonyl (C=O) groups excluding carboxylic acids is 2. The van der Waals surface area contributed by atoms with Gasteiger partial charge in [0.05, 0.1) is 19.3 Å². The fourth-order valence-corrected chi connectivity index (χ4v) is 3.46. The zero-order chi connectivity index (χ0) is 15.0. The van der Waals surface area contributed by atoms with Gasteiger partial charge in [-0.1, -0.05) is 6.92 Å². The second-order valence-electron chi connectivity index (χ2n) is 6.60. The lowest BCUT2D eigenvalue weighted by molar-refractivity contribution is -0.153. The molecule has 0 aromatic rings. The number of hydrogen-bond donors (Lipinski definition) is 1. The van der Waals surface area contributed by atoms with Gasteiger partial charge in [-0.25, -0.2) is 0 Å². The van der Waals surface area contributed by atoms with Crippen molar-refractivity contribution in [2.45, 2.75) is 38.3 Å². The Morgan fingerprint density at radius 3 is 2.81 bits per heavy atom. The minimum Gasteiger partial charge on any atom is -0.374 e. The Bertz CT molecular complexity index is 438. The lowest BCUT2D eigenvalue weighted by Gasteiger charge is -2.42. The molecule has 6 nitrogen and oxygen atoms in total. The quantitative estimate of drug-likeness (QED) is 0.782. The Hall–Kier alpha value is -1.14. The van der Waals surface area contributed by atoms with E-state index in [0.717, 1.165) is 32.5 Å². The molecule has 1 N–H and O–H groups in total. The van der Waals surface area contributed by atoms with Gasteiger partial charge in [0.25, 0.3) is 0 Å². The van der Waals surface area contributed by atoms with Gasteiger partial charge >= 0.3 is 0 Å². The lowest BCUT2D eigenvalue weighted by atomic mass is 9.91. The van der Waals surface area contributed by atoms with Crippen molar-refractivity contribution in [3.05, 3.63) is 0 Å².